The largest absolute Gasteiger partial charge is 0.410 e. The number of rotatable bonds is 7. The molecule has 3 aromatic heterocycles. The molecule has 2 unspecified atom stereocenters. The second kappa shape index (κ2) is 8.65. The number of halogens is 3. The molecule has 1 fully saturated rings. The van der Waals surface area contributed by atoms with Gasteiger partial charge in [0.25, 0.3) is 5.91 Å². The lowest BCUT2D eigenvalue weighted by atomic mass is 10.1. The number of aryl methyl sites for hydroxylation is 1. The molecule has 33 heavy (non-hydrogen) atoms. The fourth-order valence-electron chi connectivity index (χ4n) is 3.44. The molecule has 0 aromatic carbocycles. The number of hydrogen-bond acceptors (Lipinski definition) is 8. The van der Waals surface area contributed by atoms with Crippen molar-refractivity contribution in [1.29, 1.82) is 0 Å². The molecule has 1 aliphatic heterocycles. The third-order valence-corrected chi connectivity index (χ3v) is 5.11. The number of imidazole rings is 1. The number of fused-ring (bicyclic) bond motifs is 1. The van der Waals surface area contributed by atoms with Crippen molar-refractivity contribution in [3.05, 3.63) is 41.1 Å². The number of hydrogen-bond donors (Lipinski definition) is 2. The van der Waals surface area contributed by atoms with Gasteiger partial charge in [-0.05, 0) is 18.1 Å². The lowest BCUT2D eigenvalue weighted by Gasteiger charge is -2.26. The molecule has 4 heterocycles. The molecule has 0 bridgehead atoms. The molecule has 0 aliphatic carbocycles. The summed E-state index contributed by atoms with van der Waals surface area (Å²) in [5.41, 5.74) is 1.71. The molecule has 1 aliphatic rings. The Balaban J connectivity index is 1.52. The molecule has 0 spiro atoms. The van der Waals surface area contributed by atoms with Crippen LogP contribution in [-0.4, -0.2) is 74.2 Å². The maximum Gasteiger partial charge on any atom is 0.410 e. The molecule has 3 amide bonds. The van der Waals surface area contributed by atoms with E-state index in [0.717, 1.165) is 4.90 Å². The molecule has 3 aromatic rings. The van der Waals surface area contributed by atoms with Crippen molar-refractivity contribution in [2.75, 3.05) is 20.3 Å². The Labute approximate surface area is 184 Å². The van der Waals surface area contributed by atoms with Gasteiger partial charge in [-0.2, -0.15) is 18.3 Å². The van der Waals surface area contributed by atoms with Crippen LogP contribution in [0.2, 0.25) is 0 Å². The first kappa shape index (κ1) is 22.4. The van der Waals surface area contributed by atoms with E-state index < -0.39 is 36.7 Å². The highest BCUT2D eigenvalue weighted by molar-refractivity contribution is 5.92. The third-order valence-electron chi connectivity index (χ3n) is 5.11. The maximum atomic E-state index is 13.1. The van der Waals surface area contributed by atoms with Gasteiger partial charge < -0.3 is 20.3 Å². The Bertz CT molecular complexity index is 1180. The lowest BCUT2D eigenvalue weighted by Crippen LogP contribution is -2.40. The SMILES string of the molecule is COCC(c1cnn2cc(CNC(=O)c3nonc3C)nc2c1)N1CC(C(F)(F)F)NC1=O. The van der Waals surface area contributed by atoms with Gasteiger partial charge in [0.2, 0.25) is 0 Å². The van der Waals surface area contributed by atoms with Crippen LogP contribution in [0.3, 0.4) is 0 Å². The lowest BCUT2D eigenvalue weighted by molar-refractivity contribution is -0.150. The van der Waals surface area contributed by atoms with Gasteiger partial charge in [0.1, 0.15) is 11.7 Å². The second-order valence-electron chi connectivity index (χ2n) is 7.37. The molecule has 0 radical (unpaired) electrons. The standard InChI is InChI=1S/C18H19F3N8O4/c1-9-15(27-33-26-9)16(30)22-5-11-6-29-14(24-11)3-10(4-23-29)12(8-32-2)28-7-13(18(19,20)21)25-17(28)31/h3-4,6,12-13H,5,7-8H2,1-2H3,(H,22,30)(H,25,31). The Kier molecular flexibility index (Phi) is 5.88. The molecule has 1 saturated heterocycles. The smallest absolute Gasteiger partial charge is 0.382 e. The highest BCUT2D eigenvalue weighted by Gasteiger charge is 2.48. The van der Waals surface area contributed by atoms with Gasteiger partial charge in [0.05, 0.1) is 43.8 Å². The minimum Gasteiger partial charge on any atom is -0.382 e. The van der Waals surface area contributed by atoms with Gasteiger partial charge in [-0.15, -0.1) is 0 Å². The van der Waals surface area contributed by atoms with E-state index in [0.29, 0.717) is 22.6 Å². The van der Waals surface area contributed by atoms with E-state index in [2.05, 4.69) is 30.3 Å². The average molecular weight is 468 g/mol. The predicted octanol–water partition coefficient (Wildman–Crippen LogP) is 0.994. The fourth-order valence-corrected chi connectivity index (χ4v) is 3.44. The zero-order chi connectivity index (χ0) is 23.8. The number of carbonyl (C=O) groups excluding carboxylic acids is 2. The first-order chi connectivity index (χ1) is 15.7. The highest BCUT2D eigenvalue weighted by Crippen LogP contribution is 2.30. The number of nitrogens with zero attached hydrogens (tertiary/aromatic N) is 6. The van der Waals surface area contributed by atoms with E-state index >= 15 is 0 Å². The summed E-state index contributed by atoms with van der Waals surface area (Å²) in [6.07, 6.45) is -1.55. The Morgan fingerprint density at radius 1 is 1.42 bits per heavy atom. The number of urea groups is 1. The molecule has 4 rings (SSSR count). The van der Waals surface area contributed by atoms with Gasteiger partial charge in [0, 0.05) is 12.7 Å². The molecule has 2 atom stereocenters. The topological polar surface area (TPSA) is 140 Å². The molecule has 12 nitrogen and oxygen atoms in total. The molecule has 2 N–H and O–H groups in total. The van der Waals surface area contributed by atoms with E-state index in [-0.39, 0.29) is 18.8 Å². The molecular formula is C18H19F3N8O4. The van der Waals surface area contributed by atoms with E-state index in [1.54, 1.807) is 19.2 Å². The highest BCUT2D eigenvalue weighted by atomic mass is 19.4. The number of amides is 3. The van der Waals surface area contributed by atoms with E-state index in [1.165, 1.54) is 17.8 Å². The predicted molar refractivity (Wildman–Crippen MR) is 103 cm³/mol. The maximum absolute atomic E-state index is 13.1. The minimum absolute atomic E-state index is 0.0371. The van der Waals surface area contributed by atoms with Crippen molar-refractivity contribution in [3.63, 3.8) is 0 Å². The van der Waals surface area contributed by atoms with Crippen molar-refractivity contribution in [1.82, 2.24) is 40.4 Å². The van der Waals surface area contributed by atoms with Gasteiger partial charge in [-0.25, -0.2) is 18.9 Å². The summed E-state index contributed by atoms with van der Waals surface area (Å²) in [6.45, 7) is 1.05. The number of aromatic nitrogens is 5. The van der Waals surface area contributed by atoms with E-state index in [1.807, 2.05) is 5.32 Å². The van der Waals surface area contributed by atoms with Crippen molar-refractivity contribution >= 4 is 17.6 Å². The zero-order valence-corrected chi connectivity index (χ0v) is 17.5. The van der Waals surface area contributed by atoms with Gasteiger partial charge in [0.15, 0.2) is 11.3 Å². The van der Waals surface area contributed by atoms with Crippen LogP contribution in [0.25, 0.3) is 5.65 Å². The summed E-state index contributed by atoms with van der Waals surface area (Å²) in [5, 5.41) is 15.9. The number of methoxy groups -OCH3 is 1. The first-order valence-corrected chi connectivity index (χ1v) is 9.71. The minimum atomic E-state index is -4.56. The molecule has 176 valence electrons. The molecule has 15 heteroatoms. The summed E-state index contributed by atoms with van der Waals surface area (Å²) < 4.78 is 50.3. The number of nitrogens with one attached hydrogen (secondary N) is 2. The van der Waals surface area contributed by atoms with E-state index in [9.17, 15) is 22.8 Å². The van der Waals surface area contributed by atoms with Gasteiger partial charge in [-0.3, -0.25) is 4.79 Å². The van der Waals surface area contributed by atoms with E-state index in [4.69, 9.17) is 4.74 Å². The number of ether oxygens (including phenoxy) is 1. The summed E-state index contributed by atoms with van der Waals surface area (Å²) >= 11 is 0. The Hall–Kier alpha value is -3.75. The molecule has 0 saturated carbocycles. The van der Waals surface area contributed by atoms with Crippen molar-refractivity contribution in [2.45, 2.75) is 31.7 Å². The Morgan fingerprint density at radius 3 is 2.85 bits per heavy atom. The molecular weight excluding hydrogens is 449 g/mol. The van der Waals surface area contributed by atoms with Crippen LogP contribution in [-0.2, 0) is 11.3 Å². The zero-order valence-electron chi connectivity index (χ0n) is 17.5. The normalized spacial score (nSPS) is 17.4. The quantitative estimate of drug-likeness (QED) is 0.523. The summed E-state index contributed by atoms with van der Waals surface area (Å²) in [6, 6.07) is -2.01. The van der Waals surface area contributed by atoms with Gasteiger partial charge in [-0.1, -0.05) is 5.16 Å². The number of alkyl halides is 3. The van der Waals surface area contributed by atoms with Crippen LogP contribution in [0.5, 0.6) is 0 Å². The fraction of sp³-hybridized carbons (Fsp3) is 0.444. The van der Waals surface area contributed by atoms with Crippen LogP contribution in [0, 0.1) is 6.92 Å². The summed E-state index contributed by atoms with van der Waals surface area (Å²) in [5.74, 6) is -0.487. The second-order valence-corrected chi connectivity index (χ2v) is 7.37. The average Bonchev–Trinajstić information content (AvgIpc) is 3.47. The third kappa shape index (κ3) is 4.57. The van der Waals surface area contributed by atoms with Crippen molar-refractivity contribution < 1.29 is 32.1 Å². The summed E-state index contributed by atoms with van der Waals surface area (Å²) in [4.78, 5) is 29.8. The summed E-state index contributed by atoms with van der Waals surface area (Å²) in [7, 11) is 1.39. The monoisotopic (exact) mass is 468 g/mol. The number of carbonyl (C=O) groups is 2. The van der Waals surface area contributed by atoms with Crippen molar-refractivity contribution in [3.8, 4) is 0 Å². The van der Waals surface area contributed by atoms with Crippen molar-refractivity contribution in [2.24, 2.45) is 0 Å². The van der Waals surface area contributed by atoms with Crippen LogP contribution in [0.1, 0.15) is 33.5 Å². The van der Waals surface area contributed by atoms with Crippen LogP contribution < -0.4 is 10.6 Å². The van der Waals surface area contributed by atoms with Crippen LogP contribution >= 0.6 is 0 Å². The van der Waals surface area contributed by atoms with Gasteiger partial charge >= 0.3 is 12.2 Å². The van der Waals surface area contributed by atoms with Crippen LogP contribution in [0.4, 0.5) is 18.0 Å². The first-order valence-electron chi connectivity index (χ1n) is 9.71. The van der Waals surface area contributed by atoms with Crippen LogP contribution in [0.15, 0.2) is 23.1 Å². The Morgan fingerprint density at radius 2 is 2.21 bits per heavy atom.